The number of benzene rings is 1. The van der Waals surface area contributed by atoms with Crippen molar-refractivity contribution in [2.45, 2.75) is 31.7 Å². The van der Waals surface area contributed by atoms with Crippen LogP contribution in [-0.4, -0.2) is 19.3 Å². The van der Waals surface area contributed by atoms with Gasteiger partial charge in [0, 0.05) is 24.9 Å². The summed E-state index contributed by atoms with van der Waals surface area (Å²) in [7, 11) is 0. The maximum Gasteiger partial charge on any atom is 0.0495 e. The van der Waals surface area contributed by atoms with E-state index in [1.54, 1.807) is 0 Å². The lowest BCUT2D eigenvalue weighted by Crippen LogP contribution is -2.28. The smallest absolute Gasteiger partial charge is 0.0495 e. The number of hydrogen-bond donors (Lipinski definition) is 1. The maximum atomic E-state index is 5.44. The Hall–Kier alpha value is -1.02. The van der Waals surface area contributed by atoms with Gasteiger partial charge >= 0.3 is 0 Å². The van der Waals surface area contributed by atoms with Crippen LogP contribution in [0.2, 0.25) is 0 Å². The maximum absolute atomic E-state index is 5.44. The highest BCUT2D eigenvalue weighted by molar-refractivity contribution is 5.53. The van der Waals surface area contributed by atoms with E-state index in [2.05, 4.69) is 29.6 Å². The molecule has 2 atom stereocenters. The molecule has 1 saturated heterocycles. The first-order valence-corrected chi connectivity index (χ1v) is 6.34. The number of rotatable bonds is 2. The molecule has 2 aliphatic heterocycles. The van der Waals surface area contributed by atoms with Crippen molar-refractivity contribution >= 4 is 5.69 Å². The first-order valence-electron chi connectivity index (χ1n) is 6.34. The van der Waals surface area contributed by atoms with Gasteiger partial charge in [-0.25, -0.2) is 0 Å². The molecule has 1 aromatic carbocycles. The molecule has 1 fully saturated rings. The topological polar surface area (TPSA) is 21.3 Å². The van der Waals surface area contributed by atoms with Gasteiger partial charge in [-0.2, -0.15) is 0 Å². The summed E-state index contributed by atoms with van der Waals surface area (Å²) in [6, 6.07) is 9.34. The Balaban J connectivity index is 1.63. The molecule has 1 N–H and O–H groups in total. The second-order valence-corrected chi connectivity index (χ2v) is 5.00. The summed E-state index contributed by atoms with van der Waals surface area (Å²) >= 11 is 0. The van der Waals surface area contributed by atoms with Gasteiger partial charge in [-0.1, -0.05) is 18.2 Å². The predicted molar refractivity (Wildman–Crippen MR) is 65.7 cm³/mol. The van der Waals surface area contributed by atoms with Crippen molar-refractivity contribution in [3.05, 3.63) is 29.8 Å². The van der Waals surface area contributed by atoms with Crippen LogP contribution in [0.1, 0.15) is 24.8 Å². The van der Waals surface area contributed by atoms with E-state index in [1.807, 2.05) is 0 Å². The van der Waals surface area contributed by atoms with E-state index >= 15 is 0 Å². The first-order chi connectivity index (χ1) is 7.92. The van der Waals surface area contributed by atoms with Crippen LogP contribution >= 0.6 is 0 Å². The molecule has 2 heteroatoms. The second kappa shape index (κ2) is 4.46. The highest BCUT2D eigenvalue weighted by Gasteiger charge is 2.23. The van der Waals surface area contributed by atoms with Crippen LogP contribution in [0.3, 0.4) is 0 Å². The predicted octanol–water partition coefficient (Wildman–Crippen LogP) is 2.84. The number of para-hydroxylation sites is 1. The molecule has 2 aliphatic rings. The summed E-state index contributed by atoms with van der Waals surface area (Å²) in [6.45, 7) is 1.94. The number of fused-ring (bicyclic) bond motifs is 1. The van der Waals surface area contributed by atoms with Crippen LogP contribution in [0.25, 0.3) is 0 Å². The summed E-state index contributed by atoms with van der Waals surface area (Å²) in [6.07, 6.45) is 5.02. The van der Waals surface area contributed by atoms with E-state index in [9.17, 15) is 0 Å². The fourth-order valence-corrected chi connectivity index (χ4v) is 2.85. The number of nitrogens with one attached hydrogen (secondary N) is 1. The fourth-order valence-electron chi connectivity index (χ4n) is 2.85. The van der Waals surface area contributed by atoms with Crippen molar-refractivity contribution in [3.63, 3.8) is 0 Å². The molecule has 16 heavy (non-hydrogen) atoms. The Labute approximate surface area is 97.0 Å². The van der Waals surface area contributed by atoms with Gasteiger partial charge in [0.1, 0.15) is 0 Å². The number of anilines is 1. The third kappa shape index (κ3) is 2.07. The first kappa shape index (κ1) is 10.2. The van der Waals surface area contributed by atoms with E-state index in [1.165, 1.54) is 36.9 Å². The highest BCUT2D eigenvalue weighted by atomic mass is 16.5. The standard InChI is InChI=1S/C14H19NO/c1-2-4-14-12(3-1)5-6-13(15-14)9-11-7-8-16-10-11/h1-4,11,13,15H,5-10H2. The molecule has 2 heterocycles. The van der Waals surface area contributed by atoms with Gasteiger partial charge in [0.05, 0.1) is 0 Å². The minimum Gasteiger partial charge on any atom is -0.382 e. The van der Waals surface area contributed by atoms with Crippen molar-refractivity contribution in [3.8, 4) is 0 Å². The number of hydrogen-bond acceptors (Lipinski definition) is 2. The van der Waals surface area contributed by atoms with E-state index < -0.39 is 0 Å². The zero-order chi connectivity index (χ0) is 10.8. The van der Waals surface area contributed by atoms with Gasteiger partial charge in [-0.3, -0.25) is 0 Å². The normalized spacial score (nSPS) is 28.5. The lowest BCUT2D eigenvalue weighted by molar-refractivity contribution is 0.183. The van der Waals surface area contributed by atoms with Gasteiger partial charge in [0.15, 0.2) is 0 Å². The molecule has 0 bridgehead atoms. The van der Waals surface area contributed by atoms with Gasteiger partial charge in [0.2, 0.25) is 0 Å². The Morgan fingerprint density at radius 3 is 3.06 bits per heavy atom. The Bertz CT molecular complexity index is 358. The molecule has 0 spiro atoms. The SMILES string of the molecule is c1ccc2c(c1)CCC(CC1CCOC1)N2. The fraction of sp³-hybridized carbons (Fsp3) is 0.571. The third-order valence-corrected chi connectivity index (χ3v) is 3.78. The summed E-state index contributed by atoms with van der Waals surface area (Å²) in [5.41, 5.74) is 2.82. The molecule has 0 radical (unpaired) electrons. The molecular formula is C14H19NO. The lowest BCUT2D eigenvalue weighted by Gasteiger charge is -2.28. The number of aryl methyl sites for hydroxylation is 1. The summed E-state index contributed by atoms with van der Waals surface area (Å²) in [5.74, 6) is 0.780. The van der Waals surface area contributed by atoms with Gasteiger partial charge in [-0.05, 0) is 43.2 Å². The van der Waals surface area contributed by atoms with E-state index in [-0.39, 0.29) is 0 Å². The minimum atomic E-state index is 0.654. The molecule has 86 valence electrons. The van der Waals surface area contributed by atoms with Crippen LogP contribution in [0.15, 0.2) is 24.3 Å². The van der Waals surface area contributed by atoms with Crippen molar-refractivity contribution < 1.29 is 4.74 Å². The molecule has 1 aromatic rings. The van der Waals surface area contributed by atoms with Crippen molar-refractivity contribution in [2.24, 2.45) is 5.92 Å². The monoisotopic (exact) mass is 217 g/mol. The zero-order valence-electron chi connectivity index (χ0n) is 9.61. The molecule has 0 aromatic heterocycles. The number of ether oxygens (including phenoxy) is 1. The Morgan fingerprint density at radius 1 is 1.25 bits per heavy atom. The van der Waals surface area contributed by atoms with Crippen LogP contribution in [-0.2, 0) is 11.2 Å². The van der Waals surface area contributed by atoms with E-state index in [4.69, 9.17) is 4.74 Å². The average molecular weight is 217 g/mol. The van der Waals surface area contributed by atoms with Crippen LogP contribution in [0, 0.1) is 5.92 Å². The molecule has 0 amide bonds. The molecular weight excluding hydrogens is 198 g/mol. The summed E-state index contributed by atoms with van der Waals surface area (Å²) < 4.78 is 5.44. The zero-order valence-corrected chi connectivity index (χ0v) is 9.61. The van der Waals surface area contributed by atoms with Gasteiger partial charge in [0.25, 0.3) is 0 Å². The highest BCUT2D eigenvalue weighted by Crippen LogP contribution is 2.28. The molecule has 2 nitrogen and oxygen atoms in total. The molecule has 2 unspecified atom stereocenters. The van der Waals surface area contributed by atoms with Gasteiger partial charge < -0.3 is 10.1 Å². The second-order valence-electron chi connectivity index (χ2n) is 5.00. The van der Waals surface area contributed by atoms with Crippen molar-refractivity contribution in [1.29, 1.82) is 0 Å². The molecule has 0 aliphatic carbocycles. The van der Waals surface area contributed by atoms with Crippen molar-refractivity contribution in [2.75, 3.05) is 18.5 Å². The van der Waals surface area contributed by atoms with Crippen LogP contribution < -0.4 is 5.32 Å². The Morgan fingerprint density at radius 2 is 2.19 bits per heavy atom. The lowest BCUT2D eigenvalue weighted by atomic mass is 9.91. The van der Waals surface area contributed by atoms with E-state index in [0.29, 0.717) is 6.04 Å². The van der Waals surface area contributed by atoms with Crippen molar-refractivity contribution in [1.82, 2.24) is 0 Å². The average Bonchev–Trinajstić information content (AvgIpc) is 2.82. The molecule has 3 rings (SSSR count). The molecule has 0 saturated carbocycles. The van der Waals surface area contributed by atoms with Gasteiger partial charge in [-0.15, -0.1) is 0 Å². The quantitative estimate of drug-likeness (QED) is 0.822. The Kier molecular flexibility index (Phi) is 2.83. The van der Waals surface area contributed by atoms with Crippen LogP contribution in [0.5, 0.6) is 0 Å². The summed E-state index contributed by atoms with van der Waals surface area (Å²) in [4.78, 5) is 0. The minimum absolute atomic E-state index is 0.654. The van der Waals surface area contributed by atoms with Crippen LogP contribution in [0.4, 0.5) is 5.69 Å². The summed E-state index contributed by atoms with van der Waals surface area (Å²) in [5, 5.41) is 3.67. The largest absolute Gasteiger partial charge is 0.382 e. The van der Waals surface area contributed by atoms with E-state index in [0.717, 1.165) is 19.1 Å². The third-order valence-electron chi connectivity index (χ3n) is 3.78.